The Balaban J connectivity index is 1.61. The predicted octanol–water partition coefficient (Wildman–Crippen LogP) is 1.82. The summed E-state index contributed by atoms with van der Waals surface area (Å²) in [5.41, 5.74) is 1.81. The molecule has 0 radical (unpaired) electrons. The molecular weight excluding hydrogens is 352 g/mol. The van der Waals surface area contributed by atoms with Crippen molar-refractivity contribution < 1.29 is 19.0 Å². The average Bonchev–Trinajstić information content (AvgIpc) is 3.16. The van der Waals surface area contributed by atoms with Crippen LogP contribution in [0.4, 0.5) is 11.5 Å². The Kier molecular flexibility index (Phi) is 5.55. The second-order valence-electron chi connectivity index (χ2n) is 5.46. The lowest BCUT2D eigenvalue weighted by Gasteiger charge is -2.14. The van der Waals surface area contributed by atoms with Crippen LogP contribution in [0.3, 0.4) is 0 Å². The van der Waals surface area contributed by atoms with Crippen LogP contribution in [-0.2, 0) is 4.79 Å². The van der Waals surface area contributed by atoms with E-state index in [0.29, 0.717) is 46.5 Å². The SMILES string of the molecule is COc1cc(NC(=O)CCNc2ncnc3nc[nH]c23)cc(OC)c1OC. The zero-order valence-electron chi connectivity index (χ0n) is 15.2. The highest BCUT2D eigenvalue weighted by Crippen LogP contribution is 2.39. The van der Waals surface area contributed by atoms with E-state index in [1.54, 1.807) is 18.5 Å². The summed E-state index contributed by atoms with van der Waals surface area (Å²) in [5.74, 6) is 1.82. The van der Waals surface area contributed by atoms with Crippen molar-refractivity contribution in [2.75, 3.05) is 38.5 Å². The molecule has 10 heteroatoms. The fourth-order valence-electron chi connectivity index (χ4n) is 2.57. The van der Waals surface area contributed by atoms with Crippen LogP contribution in [0.15, 0.2) is 24.8 Å². The molecule has 2 aromatic heterocycles. The highest BCUT2D eigenvalue weighted by Gasteiger charge is 2.14. The van der Waals surface area contributed by atoms with E-state index < -0.39 is 0 Å². The third kappa shape index (κ3) is 4.00. The molecule has 0 aliphatic carbocycles. The number of nitrogens with zero attached hydrogens (tertiary/aromatic N) is 3. The summed E-state index contributed by atoms with van der Waals surface area (Å²) in [6.07, 6.45) is 3.19. The molecular formula is C17H20N6O4. The molecule has 0 fully saturated rings. The Bertz CT molecular complexity index is 917. The van der Waals surface area contributed by atoms with Crippen LogP contribution in [-0.4, -0.2) is 53.7 Å². The molecule has 0 spiro atoms. The number of anilines is 2. The van der Waals surface area contributed by atoms with Gasteiger partial charge in [0.1, 0.15) is 11.8 Å². The molecule has 142 valence electrons. The third-order valence-electron chi connectivity index (χ3n) is 3.82. The second-order valence-corrected chi connectivity index (χ2v) is 5.46. The minimum atomic E-state index is -0.174. The number of aromatic amines is 1. The first-order chi connectivity index (χ1) is 13.2. The standard InChI is InChI=1S/C17H20N6O4/c1-25-11-6-10(7-12(26-2)15(11)27-3)23-13(24)4-5-18-16-14-17(20-8-19-14)22-9-21-16/h6-9H,4-5H2,1-3H3,(H,23,24)(H2,18,19,20,21,22). The quantitative estimate of drug-likeness (QED) is 0.547. The number of amides is 1. The molecule has 0 saturated heterocycles. The van der Waals surface area contributed by atoms with Crippen LogP contribution in [0.2, 0.25) is 0 Å². The molecule has 1 aromatic carbocycles. The van der Waals surface area contributed by atoms with Gasteiger partial charge in [0, 0.05) is 30.8 Å². The van der Waals surface area contributed by atoms with Crippen LogP contribution < -0.4 is 24.8 Å². The fourth-order valence-corrected chi connectivity index (χ4v) is 2.57. The Labute approximate surface area is 155 Å². The summed E-state index contributed by atoms with van der Waals surface area (Å²) in [7, 11) is 4.56. The van der Waals surface area contributed by atoms with E-state index in [1.165, 1.54) is 27.7 Å². The normalized spacial score (nSPS) is 10.5. The zero-order valence-corrected chi connectivity index (χ0v) is 15.2. The van der Waals surface area contributed by atoms with Gasteiger partial charge in [-0.15, -0.1) is 0 Å². The average molecular weight is 372 g/mol. The number of carbonyl (C=O) groups excluding carboxylic acids is 1. The molecule has 0 bridgehead atoms. The van der Waals surface area contributed by atoms with Gasteiger partial charge in [-0.05, 0) is 0 Å². The van der Waals surface area contributed by atoms with Gasteiger partial charge in [-0.3, -0.25) is 4.79 Å². The number of fused-ring (bicyclic) bond motifs is 1. The van der Waals surface area contributed by atoms with Gasteiger partial charge >= 0.3 is 0 Å². The highest BCUT2D eigenvalue weighted by molar-refractivity contribution is 5.92. The van der Waals surface area contributed by atoms with Crippen LogP contribution in [0, 0.1) is 0 Å². The molecule has 3 N–H and O–H groups in total. The Hall–Kier alpha value is -3.56. The molecule has 1 amide bonds. The topological polar surface area (TPSA) is 123 Å². The molecule has 0 aliphatic heterocycles. The monoisotopic (exact) mass is 372 g/mol. The van der Waals surface area contributed by atoms with Gasteiger partial charge in [0.15, 0.2) is 23.0 Å². The maximum absolute atomic E-state index is 12.3. The first-order valence-corrected chi connectivity index (χ1v) is 8.14. The van der Waals surface area contributed by atoms with Crippen LogP contribution in [0.25, 0.3) is 11.2 Å². The first kappa shape index (κ1) is 18.2. The fraction of sp³-hybridized carbons (Fsp3) is 0.294. The van der Waals surface area contributed by atoms with Gasteiger partial charge in [-0.25, -0.2) is 15.0 Å². The lowest BCUT2D eigenvalue weighted by Crippen LogP contribution is -2.17. The van der Waals surface area contributed by atoms with Crippen molar-refractivity contribution in [3.05, 3.63) is 24.8 Å². The van der Waals surface area contributed by atoms with Crippen molar-refractivity contribution in [2.24, 2.45) is 0 Å². The van der Waals surface area contributed by atoms with E-state index >= 15 is 0 Å². The first-order valence-electron chi connectivity index (χ1n) is 8.14. The summed E-state index contributed by atoms with van der Waals surface area (Å²) in [6, 6.07) is 3.34. The maximum atomic E-state index is 12.3. The van der Waals surface area contributed by atoms with Crippen molar-refractivity contribution in [3.63, 3.8) is 0 Å². The van der Waals surface area contributed by atoms with Crippen molar-refractivity contribution in [1.82, 2.24) is 19.9 Å². The molecule has 0 aliphatic rings. The van der Waals surface area contributed by atoms with Gasteiger partial charge in [-0.2, -0.15) is 0 Å². The number of hydrogen-bond donors (Lipinski definition) is 3. The number of nitrogens with one attached hydrogen (secondary N) is 3. The molecule has 3 aromatic rings. The summed E-state index contributed by atoms with van der Waals surface area (Å²) in [6.45, 7) is 0.390. The lowest BCUT2D eigenvalue weighted by molar-refractivity contribution is -0.115. The van der Waals surface area contributed by atoms with E-state index in [2.05, 4.69) is 30.6 Å². The molecule has 0 atom stereocenters. The summed E-state index contributed by atoms with van der Waals surface area (Å²) in [4.78, 5) is 27.5. The zero-order chi connectivity index (χ0) is 19.2. The Morgan fingerprint density at radius 1 is 1.07 bits per heavy atom. The summed E-state index contributed by atoms with van der Waals surface area (Å²) < 4.78 is 15.8. The number of aromatic nitrogens is 4. The van der Waals surface area contributed by atoms with Crippen molar-refractivity contribution >= 4 is 28.6 Å². The smallest absolute Gasteiger partial charge is 0.226 e. The Morgan fingerprint density at radius 2 is 1.81 bits per heavy atom. The maximum Gasteiger partial charge on any atom is 0.226 e. The molecule has 27 heavy (non-hydrogen) atoms. The van der Waals surface area contributed by atoms with E-state index in [1.807, 2.05) is 0 Å². The Morgan fingerprint density at radius 3 is 2.48 bits per heavy atom. The number of benzene rings is 1. The molecule has 0 unspecified atom stereocenters. The van der Waals surface area contributed by atoms with E-state index in [-0.39, 0.29) is 12.3 Å². The number of rotatable bonds is 8. The van der Waals surface area contributed by atoms with Gasteiger partial charge in [0.25, 0.3) is 0 Å². The second kappa shape index (κ2) is 8.21. The van der Waals surface area contributed by atoms with Crippen LogP contribution >= 0.6 is 0 Å². The highest BCUT2D eigenvalue weighted by atomic mass is 16.5. The number of imidazole rings is 1. The largest absolute Gasteiger partial charge is 0.493 e. The number of ether oxygens (including phenoxy) is 3. The molecule has 10 nitrogen and oxygen atoms in total. The van der Waals surface area contributed by atoms with Gasteiger partial charge in [-0.1, -0.05) is 0 Å². The molecule has 3 rings (SSSR count). The van der Waals surface area contributed by atoms with E-state index in [4.69, 9.17) is 14.2 Å². The van der Waals surface area contributed by atoms with Crippen LogP contribution in [0.1, 0.15) is 6.42 Å². The van der Waals surface area contributed by atoms with Crippen LogP contribution in [0.5, 0.6) is 17.2 Å². The van der Waals surface area contributed by atoms with Gasteiger partial charge < -0.3 is 29.8 Å². The summed E-state index contributed by atoms with van der Waals surface area (Å²) >= 11 is 0. The van der Waals surface area contributed by atoms with Crippen molar-refractivity contribution in [3.8, 4) is 17.2 Å². The molecule has 2 heterocycles. The van der Waals surface area contributed by atoms with E-state index in [0.717, 1.165) is 0 Å². The number of H-pyrrole nitrogens is 1. The lowest BCUT2D eigenvalue weighted by atomic mass is 10.2. The number of carbonyl (C=O) groups is 1. The van der Waals surface area contributed by atoms with Gasteiger partial charge in [0.2, 0.25) is 11.7 Å². The molecule has 0 saturated carbocycles. The van der Waals surface area contributed by atoms with Crippen molar-refractivity contribution in [2.45, 2.75) is 6.42 Å². The van der Waals surface area contributed by atoms with Gasteiger partial charge in [0.05, 0.1) is 27.7 Å². The summed E-state index contributed by atoms with van der Waals surface area (Å²) in [5, 5.41) is 5.91. The van der Waals surface area contributed by atoms with Crippen molar-refractivity contribution in [1.29, 1.82) is 0 Å². The number of hydrogen-bond acceptors (Lipinski definition) is 8. The van der Waals surface area contributed by atoms with E-state index in [9.17, 15) is 4.79 Å². The third-order valence-corrected chi connectivity index (χ3v) is 3.82. The minimum Gasteiger partial charge on any atom is -0.493 e. The predicted molar refractivity (Wildman–Crippen MR) is 99.5 cm³/mol. The minimum absolute atomic E-state index is 0.174. The number of methoxy groups -OCH3 is 3.